The van der Waals surface area contributed by atoms with E-state index in [2.05, 4.69) is 49.5 Å². The van der Waals surface area contributed by atoms with E-state index < -0.39 is 0 Å². The number of anilines is 1. The summed E-state index contributed by atoms with van der Waals surface area (Å²) in [5.41, 5.74) is 1.95. The molecule has 1 saturated heterocycles. The zero-order chi connectivity index (χ0) is 18.6. The first-order chi connectivity index (χ1) is 13.0. The first-order valence-corrected chi connectivity index (χ1v) is 10.2. The third-order valence-electron chi connectivity index (χ3n) is 5.98. The molecule has 2 aliphatic rings. The molecule has 0 radical (unpaired) electrons. The number of carbonyl (C=O) groups excluding carboxylic acids is 1. The molecule has 2 fully saturated rings. The Morgan fingerprint density at radius 1 is 1.22 bits per heavy atom. The van der Waals surface area contributed by atoms with Crippen LogP contribution in [-0.4, -0.2) is 51.9 Å². The van der Waals surface area contributed by atoms with Crippen LogP contribution >= 0.6 is 22.6 Å². The number of hydrogen-bond acceptors (Lipinski definition) is 4. The molecule has 3 heterocycles. The van der Waals surface area contributed by atoms with Crippen molar-refractivity contribution in [1.82, 2.24) is 19.9 Å². The Balaban J connectivity index is 1.22. The monoisotopic (exact) mass is 473 g/mol. The summed E-state index contributed by atoms with van der Waals surface area (Å²) >= 11 is 2.26. The summed E-state index contributed by atoms with van der Waals surface area (Å²) in [7, 11) is 2.11. The van der Waals surface area contributed by atoms with E-state index in [-0.39, 0.29) is 5.91 Å². The van der Waals surface area contributed by atoms with Gasteiger partial charge < -0.3 is 14.8 Å². The number of hydrogen-bond donors (Lipinski definition) is 1. The zero-order valence-corrected chi connectivity index (χ0v) is 17.2. The second kappa shape index (κ2) is 6.19. The summed E-state index contributed by atoms with van der Waals surface area (Å²) in [6.07, 6.45) is 5.73. The standard InChI is InChI=1S/C20H20IN5O/c1-25(18-16-6-7-22-17(16)23-12-24-18)15-8-20(9-15)10-26(11-20)19(27)13-2-4-14(21)5-3-13/h2-7,12,15H,8-11H2,1H3,(H,22,23,24). The summed E-state index contributed by atoms with van der Waals surface area (Å²) in [6.45, 7) is 1.73. The zero-order valence-electron chi connectivity index (χ0n) is 15.0. The van der Waals surface area contributed by atoms with Crippen LogP contribution in [0.2, 0.25) is 0 Å². The molecular weight excluding hydrogens is 453 g/mol. The number of aromatic amines is 1. The molecule has 1 aliphatic carbocycles. The van der Waals surface area contributed by atoms with Crippen molar-refractivity contribution in [2.24, 2.45) is 5.41 Å². The van der Waals surface area contributed by atoms with Gasteiger partial charge in [0.1, 0.15) is 17.8 Å². The van der Waals surface area contributed by atoms with E-state index in [0.717, 1.165) is 51.9 Å². The average Bonchev–Trinajstić information content (AvgIpc) is 3.08. The highest BCUT2D eigenvalue weighted by molar-refractivity contribution is 14.1. The molecule has 0 unspecified atom stereocenters. The van der Waals surface area contributed by atoms with Gasteiger partial charge in [-0.25, -0.2) is 9.97 Å². The van der Waals surface area contributed by atoms with Gasteiger partial charge in [0.05, 0.1) is 5.39 Å². The Hall–Kier alpha value is -2.16. The highest BCUT2D eigenvalue weighted by Crippen LogP contribution is 2.51. The van der Waals surface area contributed by atoms with Crippen LogP contribution in [-0.2, 0) is 0 Å². The van der Waals surface area contributed by atoms with Gasteiger partial charge >= 0.3 is 0 Å². The molecule has 7 heteroatoms. The minimum Gasteiger partial charge on any atom is -0.356 e. The molecule has 6 nitrogen and oxygen atoms in total. The number of aromatic nitrogens is 3. The van der Waals surface area contributed by atoms with Crippen LogP contribution in [0.5, 0.6) is 0 Å². The van der Waals surface area contributed by atoms with Gasteiger partial charge in [0, 0.05) is 46.9 Å². The van der Waals surface area contributed by atoms with Crippen LogP contribution in [0.4, 0.5) is 5.82 Å². The van der Waals surface area contributed by atoms with E-state index in [4.69, 9.17) is 0 Å². The summed E-state index contributed by atoms with van der Waals surface area (Å²) in [5, 5.41) is 1.06. The van der Waals surface area contributed by atoms with Crippen molar-refractivity contribution in [2.45, 2.75) is 18.9 Å². The number of halogens is 1. The lowest BCUT2D eigenvalue weighted by Crippen LogP contribution is -2.67. The normalized spacial score (nSPS) is 18.4. The fraction of sp³-hybridized carbons (Fsp3) is 0.350. The van der Waals surface area contributed by atoms with Gasteiger partial charge in [0.15, 0.2) is 0 Å². The molecule has 1 aliphatic heterocycles. The molecule has 1 spiro atoms. The maximum absolute atomic E-state index is 12.6. The molecule has 27 heavy (non-hydrogen) atoms. The maximum Gasteiger partial charge on any atom is 0.253 e. The SMILES string of the molecule is CN(c1ncnc2[nH]ccc12)C1CC2(C1)CN(C(=O)c1ccc(I)cc1)C2. The second-order valence-corrected chi connectivity index (χ2v) is 9.02. The summed E-state index contributed by atoms with van der Waals surface area (Å²) < 4.78 is 1.15. The molecule has 0 atom stereocenters. The maximum atomic E-state index is 12.6. The lowest BCUT2D eigenvalue weighted by Gasteiger charge is -2.60. The van der Waals surface area contributed by atoms with Crippen LogP contribution in [0.1, 0.15) is 23.2 Å². The molecule has 1 saturated carbocycles. The number of H-pyrrole nitrogens is 1. The number of rotatable bonds is 3. The van der Waals surface area contributed by atoms with Crippen LogP contribution in [0.25, 0.3) is 11.0 Å². The van der Waals surface area contributed by atoms with Crippen LogP contribution in [0, 0.1) is 8.99 Å². The summed E-state index contributed by atoms with van der Waals surface area (Å²) in [4.78, 5) is 28.8. The fourth-order valence-corrected chi connectivity index (χ4v) is 4.83. The molecule has 138 valence electrons. The number of carbonyl (C=O) groups is 1. The Morgan fingerprint density at radius 3 is 2.70 bits per heavy atom. The highest BCUT2D eigenvalue weighted by atomic mass is 127. The van der Waals surface area contributed by atoms with Crippen molar-refractivity contribution in [3.63, 3.8) is 0 Å². The number of nitrogens with zero attached hydrogens (tertiary/aromatic N) is 4. The lowest BCUT2D eigenvalue weighted by molar-refractivity contribution is -0.0541. The predicted octanol–water partition coefficient (Wildman–Crippen LogP) is 3.30. The molecule has 0 bridgehead atoms. The highest BCUT2D eigenvalue weighted by Gasteiger charge is 2.54. The van der Waals surface area contributed by atoms with E-state index in [0.29, 0.717) is 11.5 Å². The Morgan fingerprint density at radius 2 is 1.96 bits per heavy atom. The Kier molecular flexibility index (Phi) is 3.89. The largest absolute Gasteiger partial charge is 0.356 e. The van der Waals surface area contributed by atoms with Crippen molar-refractivity contribution in [2.75, 3.05) is 25.0 Å². The van der Waals surface area contributed by atoms with Gasteiger partial charge in [-0.05, 0) is 65.8 Å². The minimum atomic E-state index is 0.152. The number of amides is 1. The van der Waals surface area contributed by atoms with Crippen molar-refractivity contribution in [1.29, 1.82) is 0 Å². The van der Waals surface area contributed by atoms with Crippen molar-refractivity contribution < 1.29 is 4.79 Å². The molecule has 1 aromatic carbocycles. The molecule has 3 aromatic rings. The summed E-state index contributed by atoms with van der Waals surface area (Å²) in [6, 6.07) is 10.3. The quantitative estimate of drug-likeness (QED) is 0.594. The molecule has 1 N–H and O–H groups in total. The van der Waals surface area contributed by atoms with E-state index in [1.807, 2.05) is 41.4 Å². The smallest absolute Gasteiger partial charge is 0.253 e. The van der Waals surface area contributed by atoms with Crippen molar-refractivity contribution >= 4 is 45.3 Å². The Labute approximate surface area is 171 Å². The first-order valence-electron chi connectivity index (χ1n) is 9.10. The topological polar surface area (TPSA) is 65.1 Å². The van der Waals surface area contributed by atoms with E-state index in [1.54, 1.807) is 6.33 Å². The van der Waals surface area contributed by atoms with E-state index in [9.17, 15) is 4.79 Å². The van der Waals surface area contributed by atoms with Crippen LogP contribution in [0.15, 0.2) is 42.9 Å². The van der Waals surface area contributed by atoms with Crippen molar-refractivity contribution in [3.05, 3.63) is 52.0 Å². The Bertz CT molecular complexity index is 1000. The van der Waals surface area contributed by atoms with Gasteiger partial charge in [-0.3, -0.25) is 4.79 Å². The molecule has 2 aromatic heterocycles. The van der Waals surface area contributed by atoms with Gasteiger partial charge in [-0.15, -0.1) is 0 Å². The third-order valence-corrected chi connectivity index (χ3v) is 6.70. The number of benzene rings is 1. The van der Waals surface area contributed by atoms with E-state index >= 15 is 0 Å². The second-order valence-electron chi connectivity index (χ2n) is 7.78. The van der Waals surface area contributed by atoms with Crippen LogP contribution < -0.4 is 4.90 Å². The van der Waals surface area contributed by atoms with Gasteiger partial charge in [0.2, 0.25) is 0 Å². The predicted molar refractivity (Wildman–Crippen MR) is 113 cm³/mol. The number of nitrogens with one attached hydrogen (secondary N) is 1. The molecule has 1 amide bonds. The van der Waals surface area contributed by atoms with Crippen LogP contribution in [0.3, 0.4) is 0 Å². The van der Waals surface area contributed by atoms with Gasteiger partial charge in [-0.2, -0.15) is 0 Å². The van der Waals surface area contributed by atoms with E-state index in [1.165, 1.54) is 0 Å². The lowest BCUT2D eigenvalue weighted by atomic mass is 9.60. The minimum absolute atomic E-state index is 0.152. The average molecular weight is 473 g/mol. The van der Waals surface area contributed by atoms with Crippen molar-refractivity contribution in [3.8, 4) is 0 Å². The summed E-state index contributed by atoms with van der Waals surface area (Å²) in [5.74, 6) is 1.13. The van der Waals surface area contributed by atoms with Gasteiger partial charge in [-0.1, -0.05) is 0 Å². The number of likely N-dealkylation sites (tertiary alicyclic amines) is 1. The molecular formula is C20H20IN5O. The molecule has 5 rings (SSSR count). The fourth-order valence-electron chi connectivity index (χ4n) is 4.47. The third kappa shape index (κ3) is 2.79. The van der Waals surface area contributed by atoms with Gasteiger partial charge in [0.25, 0.3) is 5.91 Å². The number of fused-ring (bicyclic) bond motifs is 1. The first kappa shape index (κ1) is 17.0.